The van der Waals surface area contributed by atoms with Crippen molar-refractivity contribution in [2.45, 2.75) is 26.1 Å². The topological polar surface area (TPSA) is 60.8 Å². The molecule has 0 spiro atoms. The second kappa shape index (κ2) is 7.46. The molecular weight excluding hydrogens is 427 g/mol. The van der Waals surface area contributed by atoms with E-state index < -0.39 is 23.8 Å². The van der Waals surface area contributed by atoms with Crippen LogP contribution in [0.15, 0.2) is 60.4 Å². The number of alkyl halides is 3. The van der Waals surface area contributed by atoms with Crippen LogP contribution in [0.25, 0.3) is 16.1 Å². The second-order valence-corrected chi connectivity index (χ2v) is 8.41. The van der Waals surface area contributed by atoms with E-state index in [0.29, 0.717) is 16.3 Å². The number of halogens is 3. The number of hydrogen-bond donors (Lipinski definition) is 2. The number of aryl methyl sites for hydroxylation is 1. The lowest BCUT2D eigenvalue weighted by Gasteiger charge is -2.42. The highest BCUT2D eigenvalue weighted by molar-refractivity contribution is 7.18. The third kappa shape index (κ3) is 3.67. The summed E-state index contributed by atoms with van der Waals surface area (Å²) in [6.07, 6.45) is -4.50. The second-order valence-electron chi connectivity index (χ2n) is 7.35. The smallest absolute Gasteiger partial charge is 0.416 e. The van der Waals surface area contributed by atoms with Crippen LogP contribution in [0.4, 0.5) is 18.9 Å². The number of hydrogen-bond acceptors (Lipinski definition) is 4. The molecule has 4 rings (SSSR count). The molecule has 8 heteroatoms. The predicted octanol–water partition coefficient (Wildman–Crippen LogP) is 6.58. The number of anilines is 1. The molecule has 1 aliphatic heterocycles. The van der Waals surface area contributed by atoms with Crippen LogP contribution in [-0.4, -0.2) is 22.2 Å². The Morgan fingerprint density at radius 2 is 1.74 bits per heavy atom. The minimum atomic E-state index is -4.50. The van der Waals surface area contributed by atoms with Crippen molar-refractivity contribution in [3.05, 3.63) is 81.9 Å². The molecule has 160 valence electrons. The monoisotopic (exact) mass is 445 g/mol. The molecule has 0 fully saturated rings. The molecule has 2 aromatic carbocycles. The molecule has 1 aromatic heterocycles. The number of carboxylic acids is 1. The van der Waals surface area contributed by atoms with Crippen LogP contribution in [0.5, 0.6) is 0 Å². The predicted molar refractivity (Wildman–Crippen MR) is 114 cm³/mol. The van der Waals surface area contributed by atoms with Gasteiger partial charge in [0.2, 0.25) is 0 Å². The highest BCUT2D eigenvalue weighted by Gasteiger charge is 2.39. The molecule has 0 aliphatic carbocycles. The first-order valence-corrected chi connectivity index (χ1v) is 10.2. The average molecular weight is 445 g/mol. The van der Waals surface area contributed by atoms with Crippen LogP contribution in [0.1, 0.15) is 33.3 Å². The molecular formula is C23H18F3NO3S. The van der Waals surface area contributed by atoms with E-state index >= 15 is 0 Å². The Balaban J connectivity index is 1.80. The van der Waals surface area contributed by atoms with Gasteiger partial charge in [0.25, 0.3) is 0 Å². The first kappa shape index (κ1) is 21.0. The zero-order chi connectivity index (χ0) is 22.5. The molecule has 0 saturated heterocycles. The Kier molecular flexibility index (Phi) is 5.05. The SMILES string of the molecule is Cc1ccc(C2=C(O)C(C)N2c2cc(-c3cccc(C(F)(F)F)c3)sc2C(=O)O)cc1. The van der Waals surface area contributed by atoms with Gasteiger partial charge in [-0.3, -0.25) is 0 Å². The number of thiophene rings is 1. The highest BCUT2D eigenvalue weighted by atomic mass is 32.1. The Bertz CT molecular complexity index is 1200. The van der Waals surface area contributed by atoms with Crippen molar-refractivity contribution in [1.29, 1.82) is 0 Å². The van der Waals surface area contributed by atoms with E-state index in [0.717, 1.165) is 34.6 Å². The van der Waals surface area contributed by atoms with Crippen LogP contribution < -0.4 is 4.90 Å². The average Bonchev–Trinajstić information content (AvgIpc) is 3.16. The third-order valence-corrected chi connectivity index (χ3v) is 6.39. The maximum Gasteiger partial charge on any atom is 0.416 e. The minimum absolute atomic E-state index is 0.00336. The Morgan fingerprint density at radius 1 is 1.06 bits per heavy atom. The zero-order valence-corrected chi connectivity index (χ0v) is 17.4. The molecule has 0 saturated carbocycles. The van der Waals surface area contributed by atoms with E-state index in [2.05, 4.69) is 0 Å². The molecule has 0 bridgehead atoms. The number of aliphatic hydroxyl groups excluding tert-OH is 1. The molecule has 3 aromatic rings. The zero-order valence-electron chi connectivity index (χ0n) is 16.6. The summed E-state index contributed by atoms with van der Waals surface area (Å²) in [5, 5.41) is 20.2. The first-order chi connectivity index (χ1) is 14.6. The summed E-state index contributed by atoms with van der Waals surface area (Å²) >= 11 is 0.908. The van der Waals surface area contributed by atoms with E-state index in [9.17, 15) is 28.2 Å². The Labute approximate surface area is 180 Å². The number of nitrogens with zero attached hydrogens (tertiary/aromatic N) is 1. The minimum Gasteiger partial charge on any atom is -0.508 e. The van der Waals surface area contributed by atoms with E-state index in [1.54, 1.807) is 17.9 Å². The van der Waals surface area contributed by atoms with Gasteiger partial charge in [0, 0.05) is 10.4 Å². The molecule has 0 radical (unpaired) electrons. The van der Waals surface area contributed by atoms with Crippen molar-refractivity contribution < 1.29 is 28.2 Å². The van der Waals surface area contributed by atoms with Crippen molar-refractivity contribution in [2.24, 2.45) is 0 Å². The fraction of sp³-hybridized carbons (Fsp3) is 0.174. The summed E-state index contributed by atoms with van der Waals surface area (Å²) in [7, 11) is 0. The van der Waals surface area contributed by atoms with Gasteiger partial charge >= 0.3 is 12.1 Å². The molecule has 1 unspecified atom stereocenters. The first-order valence-electron chi connectivity index (χ1n) is 9.42. The largest absolute Gasteiger partial charge is 0.508 e. The summed E-state index contributed by atoms with van der Waals surface area (Å²) < 4.78 is 39.4. The van der Waals surface area contributed by atoms with Gasteiger partial charge in [-0.05, 0) is 37.6 Å². The van der Waals surface area contributed by atoms with Crippen molar-refractivity contribution in [2.75, 3.05) is 4.90 Å². The number of carbonyl (C=O) groups is 1. The van der Waals surface area contributed by atoms with Gasteiger partial charge in [-0.25, -0.2) is 4.79 Å². The third-order valence-electron chi connectivity index (χ3n) is 5.23. The van der Waals surface area contributed by atoms with Crippen molar-refractivity contribution in [1.82, 2.24) is 0 Å². The summed E-state index contributed by atoms with van der Waals surface area (Å²) in [5.74, 6) is -1.05. The molecule has 0 amide bonds. The van der Waals surface area contributed by atoms with Crippen molar-refractivity contribution in [3.63, 3.8) is 0 Å². The van der Waals surface area contributed by atoms with Gasteiger partial charge in [0.1, 0.15) is 10.6 Å². The van der Waals surface area contributed by atoms with Gasteiger partial charge < -0.3 is 15.1 Å². The lowest BCUT2D eigenvalue weighted by Crippen LogP contribution is -2.44. The van der Waals surface area contributed by atoms with Crippen molar-refractivity contribution >= 4 is 28.7 Å². The standard InChI is InChI=1S/C23H18F3NO3S/c1-12-6-8-14(9-7-12)19-20(28)13(2)27(19)17-11-18(31-21(17)22(29)30)15-4-3-5-16(10-15)23(24,25)26/h3-11,13,28H,1-2H3,(H,29,30). The van der Waals surface area contributed by atoms with Gasteiger partial charge in [0.15, 0.2) is 0 Å². The summed E-state index contributed by atoms with van der Waals surface area (Å²) in [5.41, 5.74) is 2.08. The van der Waals surface area contributed by atoms with E-state index in [4.69, 9.17) is 0 Å². The molecule has 1 atom stereocenters. The summed E-state index contributed by atoms with van der Waals surface area (Å²) in [6.45, 7) is 3.67. The van der Waals surface area contributed by atoms with Crippen LogP contribution in [0.3, 0.4) is 0 Å². The number of aromatic carboxylic acids is 1. The lowest BCUT2D eigenvalue weighted by atomic mass is 9.95. The van der Waals surface area contributed by atoms with Gasteiger partial charge in [-0.1, -0.05) is 42.0 Å². The maximum atomic E-state index is 13.1. The number of carboxylic acid groups (broad SMARTS) is 1. The highest BCUT2D eigenvalue weighted by Crippen LogP contribution is 2.47. The Morgan fingerprint density at radius 3 is 2.35 bits per heavy atom. The maximum absolute atomic E-state index is 13.1. The van der Waals surface area contributed by atoms with Crippen molar-refractivity contribution in [3.8, 4) is 10.4 Å². The van der Waals surface area contributed by atoms with Crippen LogP contribution in [-0.2, 0) is 6.18 Å². The molecule has 31 heavy (non-hydrogen) atoms. The number of rotatable bonds is 4. The molecule has 2 N–H and O–H groups in total. The summed E-state index contributed by atoms with van der Waals surface area (Å²) in [6, 6.07) is 13.4. The van der Waals surface area contributed by atoms with Crippen LogP contribution in [0, 0.1) is 6.92 Å². The molecule has 4 nitrogen and oxygen atoms in total. The Hall–Kier alpha value is -3.26. The number of aliphatic hydroxyl groups is 1. The van der Waals surface area contributed by atoms with E-state index in [-0.39, 0.29) is 16.2 Å². The summed E-state index contributed by atoms with van der Waals surface area (Å²) in [4.78, 5) is 14.0. The van der Waals surface area contributed by atoms with Gasteiger partial charge in [-0.2, -0.15) is 13.2 Å². The van der Waals surface area contributed by atoms with E-state index in [1.165, 1.54) is 12.1 Å². The lowest BCUT2D eigenvalue weighted by molar-refractivity contribution is -0.137. The van der Waals surface area contributed by atoms with Gasteiger partial charge in [0.05, 0.1) is 23.0 Å². The van der Waals surface area contributed by atoms with Gasteiger partial charge in [-0.15, -0.1) is 11.3 Å². The quantitative estimate of drug-likeness (QED) is 0.476. The van der Waals surface area contributed by atoms with E-state index in [1.807, 2.05) is 31.2 Å². The van der Waals surface area contributed by atoms with Crippen LogP contribution >= 0.6 is 11.3 Å². The molecule has 2 heterocycles. The fourth-order valence-electron chi connectivity index (χ4n) is 3.60. The fourth-order valence-corrected chi connectivity index (χ4v) is 4.59. The number of benzene rings is 2. The molecule has 1 aliphatic rings. The van der Waals surface area contributed by atoms with Crippen LogP contribution in [0.2, 0.25) is 0 Å². The normalized spacial score (nSPS) is 16.4.